The molecule has 1 atom stereocenters. The summed E-state index contributed by atoms with van der Waals surface area (Å²) in [5.41, 5.74) is 1.77. The number of methoxy groups -OCH3 is 1. The normalized spacial score (nSPS) is 15.0. The van der Waals surface area contributed by atoms with Crippen molar-refractivity contribution >= 4 is 18.3 Å². The Bertz CT molecular complexity index is 775. The molecular formula is C20H29ClN4O3. The average molecular weight is 409 g/mol. The highest BCUT2D eigenvalue weighted by Crippen LogP contribution is 2.30. The maximum atomic E-state index is 12.7. The maximum absolute atomic E-state index is 12.7. The zero-order valence-corrected chi connectivity index (χ0v) is 17.4. The molecule has 1 aromatic carbocycles. The zero-order valence-electron chi connectivity index (χ0n) is 16.6. The van der Waals surface area contributed by atoms with Gasteiger partial charge in [-0.05, 0) is 44.9 Å². The molecule has 3 rings (SSSR count). The van der Waals surface area contributed by atoms with Crippen LogP contribution in [0.3, 0.4) is 0 Å². The molecule has 8 heteroatoms. The van der Waals surface area contributed by atoms with Gasteiger partial charge in [0.1, 0.15) is 17.5 Å². The highest BCUT2D eigenvalue weighted by Gasteiger charge is 2.22. The van der Waals surface area contributed by atoms with Crippen molar-refractivity contribution in [1.29, 1.82) is 0 Å². The van der Waals surface area contributed by atoms with Crippen molar-refractivity contribution in [3.63, 3.8) is 0 Å². The summed E-state index contributed by atoms with van der Waals surface area (Å²) in [5, 5.41) is 10.2. The summed E-state index contributed by atoms with van der Waals surface area (Å²) in [4.78, 5) is 12.7. The van der Waals surface area contributed by atoms with Crippen LogP contribution in [-0.2, 0) is 18.4 Å². The molecule has 0 bridgehead atoms. The van der Waals surface area contributed by atoms with Crippen LogP contribution in [-0.4, -0.2) is 35.9 Å². The molecule has 0 spiro atoms. The zero-order chi connectivity index (χ0) is 19.2. The van der Waals surface area contributed by atoms with E-state index in [4.69, 9.17) is 9.47 Å². The van der Waals surface area contributed by atoms with Crippen LogP contribution in [0.15, 0.2) is 30.6 Å². The summed E-state index contributed by atoms with van der Waals surface area (Å²) in [5.74, 6) is 1.43. The van der Waals surface area contributed by atoms with E-state index in [1.807, 2.05) is 31.4 Å². The summed E-state index contributed by atoms with van der Waals surface area (Å²) >= 11 is 0. The minimum Gasteiger partial charge on any atom is -0.497 e. The Morgan fingerprint density at radius 3 is 2.71 bits per heavy atom. The molecule has 1 fully saturated rings. The van der Waals surface area contributed by atoms with Crippen molar-refractivity contribution in [3.05, 3.63) is 41.7 Å². The molecular weight excluding hydrogens is 380 g/mol. The molecule has 2 aromatic rings. The number of benzene rings is 1. The number of nitrogens with zero attached hydrogens (tertiary/aromatic N) is 2. The lowest BCUT2D eigenvalue weighted by Gasteiger charge is -2.19. The lowest BCUT2D eigenvalue weighted by atomic mass is 10.1. The standard InChI is InChI=1S/C20H28N4O3.ClH/c1-21-19(15-12-23-24(2)13-15)20(25)22-11-14-8-9-17(26-3)10-18(14)27-16-6-4-5-7-16;/h8-10,12-13,16,19,21H,4-7,11H2,1-3H3,(H,22,25);1H. The van der Waals surface area contributed by atoms with Crippen LogP contribution < -0.4 is 20.1 Å². The number of nitrogens with one attached hydrogen (secondary N) is 2. The van der Waals surface area contributed by atoms with Gasteiger partial charge in [0.25, 0.3) is 0 Å². The molecule has 1 heterocycles. The van der Waals surface area contributed by atoms with E-state index in [1.54, 1.807) is 25.0 Å². The van der Waals surface area contributed by atoms with Gasteiger partial charge in [0, 0.05) is 37.0 Å². The van der Waals surface area contributed by atoms with Gasteiger partial charge in [-0.2, -0.15) is 5.10 Å². The molecule has 1 saturated carbocycles. The van der Waals surface area contributed by atoms with Gasteiger partial charge in [-0.15, -0.1) is 12.4 Å². The fraction of sp³-hybridized carbons (Fsp3) is 0.500. The third kappa shape index (κ3) is 5.39. The number of amides is 1. The monoisotopic (exact) mass is 408 g/mol. The summed E-state index contributed by atoms with van der Waals surface area (Å²) in [6, 6.07) is 5.29. The van der Waals surface area contributed by atoms with Crippen molar-refractivity contribution in [2.45, 2.75) is 44.4 Å². The molecule has 154 valence electrons. The average Bonchev–Trinajstić information content (AvgIpc) is 3.33. The molecule has 1 aliphatic rings. The Morgan fingerprint density at radius 1 is 1.36 bits per heavy atom. The first kappa shape index (κ1) is 22.0. The molecule has 0 radical (unpaired) electrons. The second-order valence-corrected chi connectivity index (χ2v) is 6.88. The van der Waals surface area contributed by atoms with E-state index < -0.39 is 6.04 Å². The van der Waals surface area contributed by atoms with Crippen molar-refractivity contribution < 1.29 is 14.3 Å². The molecule has 28 heavy (non-hydrogen) atoms. The van der Waals surface area contributed by atoms with Gasteiger partial charge in [-0.1, -0.05) is 0 Å². The Morgan fingerprint density at radius 2 is 2.11 bits per heavy atom. The van der Waals surface area contributed by atoms with Crippen LogP contribution in [0.25, 0.3) is 0 Å². The van der Waals surface area contributed by atoms with Crippen molar-refractivity contribution in [1.82, 2.24) is 20.4 Å². The van der Waals surface area contributed by atoms with Crippen LogP contribution >= 0.6 is 12.4 Å². The number of carbonyl (C=O) groups is 1. The number of rotatable bonds is 8. The van der Waals surface area contributed by atoms with E-state index in [9.17, 15) is 4.79 Å². The van der Waals surface area contributed by atoms with Crippen LogP contribution in [0.4, 0.5) is 0 Å². The molecule has 1 amide bonds. The highest BCUT2D eigenvalue weighted by molar-refractivity contribution is 5.85. The lowest BCUT2D eigenvalue weighted by Crippen LogP contribution is -2.35. The summed E-state index contributed by atoms with van der Waals surface area (Å²) in [7, 11) is 5.24. The van der Waals surface area contributed by atoms with E-state index in [1.165, 1.54) is 12.8 Å². The molecule has 7 nitrogen and oxygen atoms in total. The lowest BCUT2D eigenvalue weighted by molar-refractivity contribution is -0.123. The van der Waals surface area contributed by atoms with Crippen molar-refractivity contribution in [3.8, 4) is 11.5 Å². The largest absolute Gasteiger partial charge is 0.497 e. The molecule has 0 saturated heterocycles. The van der Waals surface area contributed by atoms with Gasteiger partial charge in [-0.25, -0.2) is 0 Å². The summed E-state index contributed by atoms with van der Waals surface area (Å²) in [6.45, 7) is 0.392. The number of ether oxygens (including phenoxy) is 2. The molecule has 1 unspecified atom stereocenters. The SMILES string of the molecule is CNC(C(=O)NCc1ccc(OC)cc1OC1CCCC1)c1cnn(C)c1.Cl. The fourth-order valence-corrected chi connectivity index (χ4v) is 3.43. The number of aromatic nitrogens is 2. The number of likely N-dealkylation sites (N-methyl/N-ethyl adjacent to an activating group) is 1. The topological polar surface area (TPSA) is 77.4 Å². The predicted molar refractivity (Wildman–Crippen MR) is 110 cm³/mol. The highest BCUT2D eigenvalue weighted by atomic mass is 35.5. The Hall–Kier alpha value is -2.25. The first-order valence-corrected chi connectivity index (χ1v) is 9.37. The van der Waals surface area contributed by atoms with E-state index >= 15 is 0 Å². The van der Waals surface area contributed by atoms with Gasteiger partial charge >= 0.3 is 0 Å². The van der Waals surface area contributed by atoms with E-state index in [2.05, 4.69) is 15.7 Å². The minimum atomic E-state index is -0.448. The van der Waals surface area contributed by atoms with Gasteiger partial charge in [0.15, 0.2) is 0 Å². The van der Waals surface area contributed by atoms with E-state index in [-0.39, 0.29) is 24.4 Å². The molecule has 2 N–H and O–H groups in total. The Labute approximate surface area is 172 Å². The third-order valence-electron chi connectivity index (χ3n) is 4.93. The first-order valence-electron chi connectivity index (χ1n) is 9.37. The molecule has 1 aromatic heterocycles. The van der Waals surface area contributed by atoms with Gasteiger partial charge in [0.05, 0.1) is 19.4 Å². The van der Waals surface area contributed by atoms with Crippen LogP contribution in [0.5, 0.6) is 11.5 Å². The number of carbonyl (C=O) groups excluding carboxylic acids is 1. The second kappa shape index (κ2) is 10.3. The van der Waals surface area contributed by atoms with Crippen LogP contribution in [0.2, 0.25) is 0 Å². The minimum absolute atomic E-state index is 0. The number of hydrogen-bond acceptors (Lipinski definition) is 5. The Kier molecular flexibility index (Phi) is 8.14. The van der Waals surface area contributed by atoms with Gasteiger partial charge in [-0.3, -0.25) is 9.48 Å². The smallest absolute Gasteiger partial charge is 0.242 e. The van der Waals surface area contributed by atoms with Gasteiger partial charge < -0.3 is 20.1 Å². The summed E-state index contributed by atoms with van der Waals surface area (Å²) < 4.78 is 13.2. The first-order chi connectivity index (χ1) is 13.1. The van der Waals surface area contributed by atoms with Gasteiger partial charge in [0.2, 0.25) is 5.91 Å². The predicted octanol–water partition coefficient (Wildman–Crippen LogP) is 2.75. The van der Waals surface area contributed by atoms with E-state index in [0.29, 0.717) is 6.54 Å². The fourth-order valence-electron chi connectivity index (χ4n) is 3.43. The Balaban J connectivity index is 0.00000280. The number of halogens is 1. The van der Waals surface area contributed by atoms with Crippen molar-refractivity contribution in [2.75, 3.05) is 14.2 Å². The quantitative estimate of drug-likeness (QED) is 0.702. The van der Waals surface area contributed by atoms with E-state index in [0.717, 1.165) is 35.5 Å². The third-order valence-corrected chi connectivity index (χ3v) is 4.93. The maximum Gasteiger partial charge on any atom is 0.242 e. The van der Waals surface area contributed by atoms with Crippen molar-refractivity contribution in [2.24, 2.45) is 7.05 Å². The molecule has 0 aliphatic heterocycles. The van der Waals surface area contributed by atoms with Crippen LogP contribution in [0.1, 0.15) is 42.9 Å². The second-order valence-electron chi connectivity index (χ2n) is 6.88. The number of hydrogen-bond donors (Lipinski definition) is 2. The molecule has 1 aliphatic carbocycles. The summed E-state index contributed by atoms with van der Waals surface area (Å²) in [6.07, 6.45) is 8.33. The number of aryl methyl sites for hydroxylation is 1. The van der Waals surface area contributed by atoms with Crippen LogP contribution in [0, 0.1) is 0 Å².